The maximum atomic E-state index is 11.6. The van der Waals surface area contributed by atoms with Crippen molar-refractivity contribution in [2.45, 2.75) is 12.5 Å². The van der Waals surface area contributed by atoms with Crippen LogP contribution in [0.3, 0.4) is 0 Å². The Morgan fingerprint density at radius 3 is 2.87 bits per heavy atom. The molecule has 2 aromatic carbocycles. The molecule has 4 rings (SSSR count). The number of carbonyl (C=O) groups excluding carboxylic acids is 1. The number of ether oxygens (including phenoxy) is 4. The first-order valence-corrected chi connectivity index (χ1v) is 9.74. The van der Waals surface area contributed by atoms with Crippen molar-refractivity contribution in [1.29, 1.82) is 0 Å². The fourth-order valence-corrected chi connectivity index (χ4v) is 3.97. The molecule has 2 aromatic rings. The van der Waals surface area contributed by atoms with Crippen molar-refractivity contribution in [1.82, 2.24) is 0 Å². The molecule has 30 heavy (non-hydrogen) atoms. The SMILES string of the molecule is COc1c2c(cc3c1C(C#CCOc1ccccc1C(N)=O)[N+](C)(C)CC3)OCO2. The summed E-state index contributed by atoms with van der Waals surface area (Å²) >= 11 is 0. The zero-order chi connectivity index (χ0) is 21.3. The van der Waals surface area contributed by atoms with E-state index < -0.39 is 5.91 Å². The van der Waals surface area contributed by atoms with E-state index in [9.17, 15) is 4.79 Å². The molecule has 7 nitrogen and oxygen atoms in total. The van der Waals surface area contributed by atoms with Gasteiger partial charge in [-0.2, -0.15) is 0 Å². The minimum absolute atomic E-state index is 0.117. The van der Waals surface area contributed by atoms with Crippen LogP contribution >= 0.6 is 0 Å². The summed E-state index contributed by atoms with van der Waals surface area (Å²) < 4.78 is 23.4. The van der Waals surface area contributed by atoms with Crippen LogP contribution in [-0.2, 0) is 6.42 Å². The van der Waals surface area contributed by atoms with Gasteiger partial charge in [-0.3, -0.25) is 4.79 Å². The van der Waals surface area contributed by atoms with Gasteiger partial charge in [0.1, 0.15) is 12.4 Å². The van der Waals surface area contributed by atoms with Gasteiger partial charge in [-0.05, 0) is 29.7 Å². The third kappa shape index (κ3) is 3.51. The van der Waals surface area contributed by atoms with E-state index in [1.165, 1.54) is 0 Å². The lowest BCUT2D eigenvalue weighted by Crippen LogP contribution is -2.47. The van der Waals surface area contributed by atoms with Crippen molar-refractivity contribution in [3.8, 4) is 34.8 Å². The minimum Gasteiger partial charge on any atom is -0.492 e. The van der Waals surface area contributed by atoms with Crippen LogP contribution in [0, 0.1) is 11.8 Å². The molecule has 0 spiro atoms. The van der Waals surface area contributed by atoms with Gasteiger partial charge in [0.15, 0.2) is 17.5 Å². The first-order valence-electron chi connectivity index (χ1n) is 9.74. The summed E-state index contributed by atoms with van der Waals surface area (Å²) in [5, 5.41) is 0. The molecule has 1 atom stereocenters. The Morgan fingerprint density at radius 2 is 2.10 bits per heavy atom. The van der Waals surface area contributed by atoms with Crippen LogP contribution in [0.1, 0.15) is 27.5 Å². The minimum atomic E-state index is -0.529. The summed E-state index contributed by atoms with van der Waals surface area (Å²) in [5.74, 6) is 8.41. The molecular formula is C23H25N2O5+. The van der Waals surface area contributed by atoms with Crippen molar-refractivity contribution in [3.63, 3.8) is 0 Å². The average molecular weight is 409 g/mol. The summed E-state index contributed by atoms with van der Waals surface area (Å²) in [6.45, 7) is 1.26. The van der Waals surface area contributed by atoms with E-state index >= 15 is 0 Å². The Bertz CT molecular complexity index is 1050. The van der Waals surface area contributed by atoms with Crippen LogP contribution in [-0.4, -0.2) is 51.5 Å². The summed E-state index contributed by atoms with van der Waals surface area (Å²) in [5.41, 5.74) is 7.94. The molecule has 2 N–H and O–H groups in total. The van der Waals surface area contributed by atoms with E-state index in [4.69, 9.17) is 24.7 Å². The van der Waals surface area contributed by atoms with Crippen molar-refractivity contribution in [3.05, 3.63) is 47.0 Å². The molecular weight excluding hydrogens is 384 g/mol. The highest BCUT2D eigenvalue weighted by Gasteiger charge is 2.40. The fourth-order valence-electron chi connectivity index (χ4n) is 3.97. The molecule has 0 saturated heterocycles. The summed E-state index contributed by atoms with van der Waals surface area (Å²) in [6, 6.07) is 8.80. The largest absolute Gasteiger partial charge is 0.492 e. The number of benzene rings is 2. The van der Waals surface area contributed by atoms with Gasteiger partial charge in [-0.15, -0.1) is 0 Å². The topological polar surface area (TPSA) is 80.0 Å². The van der Waals surface area contributed by atoms with Crippen molar-refractivity contribution < 1.29 is 28.2 Å². The number of likely N-dealkylation sites (N-methyl/N-ethyl adjacent to an activating group) is 1. The van der Waals surface area contributed by atoms with Crippen LogP contribution in [0.25, 0.3) is 0 Å². The number of nitrogens with two attached hydrogens (primary N) is 1. The van der Waals surface area contributed by atoms with Crippen LogP contribution < -0.4 is 24.7 Å². The molecule has 2 aliphatic heterocycles. The quantitative estimate of drug-likeness (QED) is 0.619. The summed E-state index contributed by atoms with van der Waals surface area (Å²) in [7, 11) is 5.94. The second-order valence-corrected chi connectivity index (χ2v) is 7.84. The Kier molecular flexibility index (Phi) is 5.18. The van der Waals surface area contributed by atoms with Gasteiger partial charge < -0.3 is 29.2 Å². The number of methoxy groups -OCH3 is 1. The van der Waals surface area contributed by atoms with Crippen molar-refractivity contribution in [2.24, 2.45) is 5.73 Å². The predicted octanol–water partition coefficient (Wildman–Crippen LogP) is 2.28. The van der Waals surface area contributed by atoms with Crippen LogP contribution in [0.15, 0.2) is 30.3 Å². The highest BCUT2D eigenvalue weighted by Crippen LogP contribution is 2.50. The lowest BCUT2D eigenvalue weighted by Gasteiger charge is -2.40. The lowest BCUT2D eigenvalue weighted by atomic mass is 9.89. The normalized spacial score (nSPS) is 18.0. The molecule has 1 unspecified atom stereocenters. The second kappa shape index (κ2) is 7.81. The van der Waals surface area contributed by atoms with E-state index in [0.717, 1.165) is 29.8 Å². The molecule has 0 aromatic heterocycles. The molecule has 2 aliphatic rings. The number of primary amides is 1. The van der Waals surface area contributed by atoms with Crippen molar-refractivity contribution in [2.75, 3.05) is 41.1 Å². The Morgan fingerprint density at radius 1 is 1.30 bits per heavy atom. The number of carbonyl (C=O) groups is 1. The summed E-state index contributed by atoms with van der Waals surface area (Å²) in [4.78, 5) is 11.6. The maximum Gasteiger partial charge on any atom is 0.252 e. The monoisotopic (exact) mass is 409 g/mol. The number of quaternary nitrogens is 1. The third-order valence-corrected chi connectivity index (χ3v) is 5.57. The van der Waals surface area contributed by atoms with Crippen LogP contribution in [0.5, 0.6) is 23.0 Å². The molecule has 2 heterocycles. The van der Waals surface area contributed by atoms with E-state index in [0.29, 0.717) is 27.3 Å². The zero-order valence-corrected chi connectivity index (χ0v) is 17.4. The van der Waals surface area contributed by atoms with E-state index in [1.54, 1.807) is 31.4 Å². The van der Waals surface area contributed by atoms with E-state index in [2.05, 4.69) is 25.9 Å². The molecule has 0 radical (unpaired) electrons. The van der Waals surface area contributed by atoms with Crippen LogP contribution in [0.4, 0.5) is 0 Å². The number of hydrogen-bond acceptors (Lipinski definition) is 5. The fraction of sp³-hybridized carbons (Fsp3) is 0.348. The highest BCUT2D eigenvalue weighted by atomic mass is 16.7. The van der Waals surface area contributed by atoms with Gasteiger partial charge in [0.2, 0.25) is 12.5 Å². The molecule has 0 bridgehead atoms. The number of rotatable bonds is 4. The molecule has 7 heteroatoms. The highest BCUT2D eigenvalue weighted by molar-refractivity contribution is 5.95. The smallest absolute Gasteiger partial charge is 0.252 e. The zero-order valence-electron chi connectivity index (χ0n) is 17.4. The van der Waals surface area contributed by atoms with Gasteiger partial charge in [-0.1, -0.05) is 18.1 Å². The standard InChI is InChI=1S/C23H24N2O5/c1-25(2)11-10-15-13-19-21(30-14-29-19)22(27-3)20(15)17(25)8-6-12-28-18-9-5-4-7-16(18)23(24)26/h4-5,7,9,13,17H,10-12,14H2,1-3H3,(H-,24,26)/p+1. The molecule has 0 aliphatic carbocycles. The molecule has 1 amide bonds. The lowest BCUT2D eigenvalue weighted by molar-refractivity contribution is -0.914. The predicted molar refractivity (Wildman–Crippen MR) is 111 cm³/mol. The summed E-state index contributed by atoms with van der Waals surface area (Å²) in [6.07, 6.45) is 0.899. The van der Waals surface area contributed by atoms with E-state index in [-0.39, 0.29) is 19.4 Å². The molecule has 0 fully saturated rings. The van der Waals surface area contributed by atoms with Gasteiger partial charge in [0.25, 0.3) is 5.91 Å². The van der Waals surface area contributed by atoms with Crippen LogP contribution in [0.2, 0.25) is 0 Å². The van der Waals surface area contributed by atoms with Gasteiger partial charge in [0, 0.05) is 6.42 Å². The number of amides is 1. The van der Waals surface area contributed by atoms with Gasteiger partial charge in [-0.25, -0.2) is 0 Å². The number of hydrogen-bond donors (Lipinski definition) is 1. The number of nitrogens with zero attached hydrogens (tertiary/aromatic N) is 1. The molecule has 0 saturated carbocycles. The average Bonchev–Trinajstić information content (AvgIpc) is 3.19. The van der Waals surface area contributed by atoms with Gasteiger partial charge in [0.05, 0.1) is 38.9 Å². The number of para-hydroxylation sites is 1. The second-order valence-electron chi connectivity index (χ2n) is 7.84. The van der Waals surface area contributed by atoms with Crippen molar-refractivity contribution >= 4 is 5.91 Å². The van der Waals surface area contributed by atoms with Gasteiger partial charge >= 0.3 is 0 Å². The Balaban J connectivity index is 1.64. The Labute approximate surface area is 175 Å². The molecule has 156 valence electrons. The third-order valence-electron chi connectivity index (χ3n) is 5.57. The van der Waals surface area contributed by atoms with E-state index in [1.807, 2.05) is 6.07 Å². The maximum absolute atomic E-state index is 11.6. The first kappa shape index (κ1) is 19.9. The number of fused-ring (bicyclic) bond motifs is 2. The Hall–Kier alpha value is -3.37. The first-order chi connectivity index (χ1) is 14.4.